The van der Waals surface area contributed by atoms with Crippen LogP contribution in [0, 0.1) is 0 Å². The third-order valence-corrected chi connectivity index (χ3v) is 7.48. The van der Waals surface area contributed by atoms with Gasteiger partial charge in [-0.05, 0) is 23.1 Å². The van der Waals surface area contributed by atoms with Gasteiger partial charge >= 0.3 is 0 Å². The maximum absolute atomic E-state index is 6.78. The van der Waals surface area contributed by atoms with Crippen LogP contribution in [0.25, 0.3) is 0 Å². The van der Waals surface area contributed by atoms with Gasteiger partial charge in [-0.1, -0.05) is 175 Å². The molecule has 0 aromatic heterocycles. The first kappa shape index (κ1) is 30.1. The summed E-state index contributed by atoms with van der Waals surface area (Å²) in [6.45, 7) is 4.25. The van der Waals surface area contributed by atoms with Gasteiger partial charge in [0.25, 0.3) is 0 Å². The van der Waals surface area contributed by atoms with Gasteiger partial charge in [-0.15, -0.1) is 0 Å². The molecule has 38 heavy (non-hydrogen) atoms. The summed E-state index contributed by atoms with van der Waals surface area (Å²) in [5.74, 6) is 0. The number of ether oxygens (including phenoxy) is 2. The molecule has 0 saturated heterocycles. The predicted octanol–water partition coefficient (Wildman–Crippen LogP) is 10.1. The molecular formula is C36H50O2. The Labute approximate surface area is 232 Å². The molecule has 0 bridgehead atoms. The molecule has 3 rings (SSSR count). The van der Waals surface area contributed by atoms with Crippen LogP contribution in [0.1, 0.15) is 107 Å². The largest absolute Gasteiger partial charge is 0.379 e. The molecule has 0 N–H and O–H groups in total. The lowest BCUT2D eigenvalue weighted by Gasteiger charge is -2.36. The summed E-state index contributed by atoms with van der Waals surface area (Å²) in [6.07, 6.45) is 17.8. The first-order valence-electron chi connectivity index (χ1n) is 15.3. The molecule has 0 aliphatic rings. The Morgan fingerprint density at radius 1 is 0.421 bits per heavy atom. The maximum Gasteiger partial charge on any atom is 0.143 e. The standard InChI is InChI=1S/C36H50O2/c1-2-3-4-5-6-7-8-9-10-11-12-13-23-30-37-31-32-38-36(33-24-17-14-18-25-33,34-26-19-15-20-27-34)35-28-21-16-22-29-35/h14-22,24-29H,2-13,23,30-32H2,1H3. The van der Waals surface area contributed by atoms with Gasteiger partial charge in [-0.3, -0.25) is 0 Å². The summed E-state index contributed by atoms with van der Waals surface area (Å²) in [5.41, 5.74) is 2.74. The SMILES string of the molecule is CCCCCCCCCCCCCCCOCCOC(c1ccccc1)(c1ccccc1)c1ccccc1. The minimum absolute atomic E-state index is 0.539. The molecular weight excluding hydrogens is 464 g/mol. The van der Waals surface area contributed by atoms with Crippen molar-refractivity contribution in [2.24, 2.45) is 0 Å². The lowest BCUT2D eigenvalue weighted by Crippen LogP contribution is -2.34. The van der Waals surface area contributed by atoms with Crippen LogP contribution in [-0.2, 0) is 15.1 Å². The van der Waals surface area contributed by atoms with E-state index in [2.05, 4.69) is 97.9 Å². The monoisotopic (exact) mass is 514 g/mol. The second-order valence-electron chi connectivity index (χ2n) is 10.5. The van der Waals surface area contributed by atoms with E-state index < -0.39 is 5.60 Å². The third kappa shape index (κ3) is 10.0. The molecule has 206 valence electrons. The van der Waals surface area contributed by atoms with Crippen LogP contribution in [0.2, 0.25) is 0 Å². The topological polar surface area (TPSA) is 18.5 Å². The van der Waals surface area contributed by atoms with Crippen LogP contribution in [0.3, 0.4) is 0 Å². The highest BCUT2D eigenvalue weighted by atomic mass is 16.5. The molecule has 0 aliphatic carbocycles. The van der Waals surface area contributed by atoms with E-state index in [4.69, 9.17) is 9.47 Å². The van der Waals surface area contributed by atoms with Crippen LogP contribution in [-0.4, -0.2) is 19.8 Å². The number of hydrogen-bond acceptors (Lipinski definition) is 2. The van der Waals surface area contributed by atoms with Crippen molar-refractivity contribution in [2.45, 2.75) is 96.0 Å². The fourth-order valence-corrected chi connectivity index (χ4v) is 5.35. The zero-order valence-corrected chi connectivity index (χ0v) is 23.8. The molecule has 2 nitrogen and oxygen atoms in total. The minimum atomic E-state index is -0.664. The summed E-state index contributed by atoms with van der Waals surface area (Å²) in [6, 6.07) is 31.7. The van der Waals surface area contributed by atoms with Crippen LogP contribution in [0.4, 0.5) is 0 Å². The van der Waals surface area contributed by atoms with Crippen LogP contribution in [0.5, 0.6) is 0 Å². The molecule has 0 fully saturated rings. The zero-order valence-electron chi connectivity index (χ0n) is 23.8. The molecule has 0 amide bonds. The van der Waals surface area contributed by atoms with E-state index in [1.165, 1.54) is 77.0 Å². The summed E-state index contributed by atoms with van der Waals surface area (Å²) in [4.78, 5) is 0. The summed E-state index contributed by atoms with van der Waals surface area (Å²) in [5, 5.41) is 0. The molecule has 2 heteroatoms. The second kappa shape index (κ2) is 18.8. The first-order chi connectivity index (χ1) is 18.9. The van der Waals surface area contributed by atoms with E-state index in [9.17, 15) is 0 Å². The van der Waals surface area contributed by atoms with Crippen LogP contribution >= 0.6 is 0 Å². The molecule has 3 aromatic carbocycles. The summed E-state index contributed by atoms with van der Waals surface area (Å²) in [7, 11) is 0. The Morgan fingerprint density at radius 2 is 0.789 bits per heavy atom. The van der Waals surface area contributed by atoms with E-state index >= 15 is 0 Å². The number of unbranched alkanes of at least 4 members (excludes halogenated alkanes) is 12. The first-order valence-corrected chi connectivity index (χ1v) is 15.3. The van der Waals surface area contributed by atoms with Crippen molar-refractivity contribution in [1.29, 1.82) is 0 Å². The summed E-state index contributed by atoms with van der Waals surface area (Å²) >= 11 is 0. The minimum Gasteiger partial charge on any atom is -0.379 e. The van der Waals surface area contributed by atoms with Gasteiger partial charge in [0.1, 0.15) is 5.60 Å². The Balaban J connectivity index is 1.38. The predicted molar refractivity (Wildman–Crippen MR) is 162 cm³/mol. The van der Waals surface area contributed by atoms with Crippen molar-refractivity contribution >= 4 is 0 Å². The second-order valence-corrected chi connectivity index (χ2v) is 10.5. The van der Waals surface area contributed by atoms with Crippen LogP contribution < -0.4 is 0 Å². The van der Waals surface area contributed by atoms with Gasteiger partial charge in [-0.2, -0.15) is 0 Å². The highest BCUT2D eigenvalue weighted by molar-refractivity contribution is 5.47. The molecule has 0 saturated carbocycles. The molecule has 0 unspecified atom stereocenters. The Hall–Kier alpha value is -2.42. The van der Waals surface area contributed by atoms with Gasteiger partial charge < -0.3 is 9.47 Å². The van der Waals surface area contributed by atoms with E-state index in [0.29, 0.717) is 13.2 Å². The lowest BCUT2D eigenvalue weighted by molar-refractivity contribution is -0.0242. The van der Waals surface area contributed by atoms with E-state index in [-0.39, 0.29) is 0 Å². The van der Waals surface area contributed by atoms with Crippen LogP contribution in [0.15, 0.2) is 91.0 Å². The Morgan fingerprint density at radius 3 is 1.18 bits per heavy atom. The molecule has 0 aliphatic heterocycles. The van der Waals surface area contributed by atoms with E-state index in [1.807, 2.05) is 0 Å². The van der Waals surface area contributed by atoms with Gasteiger partial charge in [-0.25, -0.2) is 0 Å². The van der Waals surface area contributed by atoms with Crippen molar-refractivity contribution in [3.63, 3.8) is 0 Å². The average molecular weight is 515 g/mol. The summed E-state index contributed by atoms with van der Waals surface area (Å²) < 4.78 is 12.8. The molecule has 0 atom stereocenters. The van der Waals surface area contributed by atoms with Crippen molar-refractivity contribution in [1.82, 2.24) is 0 Å². The third-order valence-electron chi connectivity index (χ3n) is 7.48. The van der Waals surface area contributed by atoms with Crippen molar-refractivity contribution < 1.29 is 9.47 Å². The van der Waals surface area contributed by atoms with Crippen molar-refractivity contribution in [3.05, 3.63) is 108 Å². The smallest absolute Gasteiger partial charge is 0.143 e. The van der Waals surface area contributed by atoms with Gasteiger partial charge in [0.15, 0.2) is 0 Å². The normalized spacial score (nSPS) is 11.6. The fourth-order valence-electron chi connectivity index (χ4n) is 5.35. The van der Waals surface area contributed by atoms with E-state index in [0.717, 1.165) is 29.7 Å². The fraction of sp³-hybridized carbons (Fsp3) is 0.500. The maximum atomic E-state index is 6.78. The number of hydrogen-bond donors (Lipinski definition) is 0. The number of rotatable bonds is 21. The lowest BCUT2D eigenvalue weighted by atomic mass is 9.80. The Bertz CT molecular complexity index is 842. The van der Waals surface area contributed by atoms with Crippen molar-refractivity contribution in [2.75, 3.05) is 19.8 Å². The van der Waals surface area contributed by atoms with Gasteiger partial charge in [0.05, 0.1) is 13.2 Å². The number of benzene rings is 3. The highest BCUT2D eigenvalue weighted by Gasteiger charge is 2.37. The van der Waals surface area contributed by atoms with Gasteiger partial charge in [0.2, 0.25) is 0 Å². The van der Waals surface area contributed by atoms with E-state index in [1.54, 1.807) is 0 Å². The zero-order chi connectivity index (χ0) is 26.6. The van der Waals surface area contributed by atoms with Gasteiger partial charge in [0, 0.05) is 6.61 Å². The average Bonchev–Trinajstić information content (AvgIpc) is 2.98. The molecule has 0 heterocycles. The Kier molecular flexibility index (Phi) is 14.9. The molecule has 0 radical (unpaired) electrons. The molecule has 3 aromatic rings. The molecule has 0 spiro atoms. The van der Waals surface area contributed by atoms with Crippen molar-refractivity contribution in [3.8, 4) is 0 Å². The quantitative estimate of drug-likeness (QED) is 0.104. The highest BCUT2D eigenvalue weighted by Crippen LogP contribution is 2.40.